The molecule has 6 nitrogen and oxygen atoms in total. The predicted octanol–water partition coefficient (Wildman–Crippen LogP) is 6.90. The van der Waals surface area contributed by atoms with Crippen LogP contribution in [0.15, 0.2) is 46.9 Å². The third-order valence-electron chi connectivity index (χ3n) is 5.49. The smallest absolute Gasteiger partial charge is 0.416 e. The number of hydrogen-bond donors (Lipinski definition) is 3. The van der Waals surface area contributed by atoms with E-state index in [4.69, 9.17) is 0 Å². The van der Waals surface area contributed by atoms with Crippen LogP contribution in [0.5, 0.6) is 5.75 Å². The third kappa shape index (κ3) is 7.55. The van der Waals surface area contributed by atoms with Crippen LogP contribution in [0.2, 0.25) is 0 Å². The largest absolute Gasteiger partial charge is 0.507 e. The second kappa shape index (κ2) is 10.5. The van der Waals surface area contributed by atoms with E-state index >= 15 is 0 Å². The van der Waals surface area contributed by atoms with E-state index < -0.39 is 17.6 Å². The van der Waals surface area contributed by atoms with Gasteiger partial charge in [-0.15, -0.1) is 11.3 Å². The highest BCUT2D eigenvalue weighted by atomic mass is 32.1. The Bertz CT molecular complexity index is 1270. The number of nitrogens with zero attached hydrogens (tertiary/aromatic N) is 2. The molecule has 0 aliphatic rings. The van der Waals surface area contributed by atoms with Gasteiger partial charge < -0.3 is 10.4 Å². The van der Waals surface area contributed by atoms with Crippen LogP contribution in [0.4, 0.5) is 24.0 Å². The zero-order valence-electron chi connectivity index (χ0n) is 21.6. The molecule has 198 valence electrons. The molecule has 3 aromatic rings. The second-order valence-corrected chi connectivity index (χ2v) is 11.6. The number of phenolic OH excluding ortho intramolecular Hbond substituents is 1. The van der Waals surface area contributed by atoms with Crippen molar-refractivity contribution in [2.75, 3.05) is 5.32 Å². The van der Waals surface area contributed by atoms with Crippen molar-refractivity contribution in [3.8, 4) is 5.75 Å². The molecule has 0 aliphatic carbocycles. The number of carbonyl (C=O) groups excluding carboxylic acids is 1. The van der Waals surface area contributed by atoms with Crippen LogP contribution in [0, 0.1) is 0 Å². The SMILES string of the molecule is CC(C)(C)c1cc(/C=N\NC(=O)Cc2csc(Nc3cccc(C(F)(F)F)c3)n2)cc(C(C)(C)C)c1O. The molecule has 0 spiro atoms. The summed E-state index contributed by atoms with van der Waals surface area (Å²) in [6.07, 6.45) is -2.95. The van der Waals surface area contributed by atoms with E-state index in [1.807, 2.05) is 53.7 Å². The van der Waals surface area contributed by atoms with Crippen LogP contribution in [0.3, 0.4) is 0 Å². The summed E-state index contributed by atoms with van der Waals surface area (Å²) in [6, 6.07) is 8.53. The number of benzene rings is 2. The van der Waals surface area contributed by atoms with Crippen LogP contribution in [-0.4, -0.2) is 22.2 Å². The van der Waals surface area contributed by atoms with Crippen molar-refractivity contribution in [3.63, 3.8) is 0 Å². The van der Waals surface area contributed by atoms with Gasteiger partial charge in [-0.1, -0.05) is 47.6 Å². The fourth-order valence-corrected chi connectivity index (χ4v) is 4.33. The number of hydrazone groups is 1. The molecule has 3 N–H and O–H groups in total. The minimum Gasteiger partial charge on any atom is -0.507 e. The van der Waals surface area contributed by atoms with Gasteiger partial charge in [-0.05, 0) is 46.7 Å². The molecule has 0 aliphatic heterocycles. The zero-order valence-corrected chi connectivity index (χ0v) is 22.4. The number of rotatable bonds is 6. The fraction of sp³-hybridized carbons (Fsp3) is 0.370. The zero-order chi connectivity index (χ0) is 27.6. The van der Waals surface area contributed by atoms with Gasteiger partial charge in [-0.2, -0.15) is 18.3 Å². The van der Waals surface area contributed by atoms with Crippen LogP contribution in [-0.2, 0) is 28.2 Å². The number of phenols is 1. The van der Waals surface area contributed by atoms with Crippen molar-refractivity contribution >= 4 is 34.3 Å². The van der Waals surface area contributed by atoms with E-state index in [0.717, 1.165) is 28.8 Å². The van der Waals surface area contributed by atoms with Crippen molar-refractivity contribution < 1.29 is 23.1 Å². The number of nitrogens with one attached hydrogen (secondary N) is 2. The van der Waals surface area contributed by atoms with Crippen molar-refractivity contribution in [1.82, 2.24) is 10.4 Å². The summed E-state index contributed by atoms with van der Waals surface area (Å²) in [6.45, 7) is 12.1. The quantitative estimate of drug-likeness (QED) is 0.238. The van der Waals surface area contributed by atoms with Gasteiger partial charge in [0, 0.05) is 22.2 Å². The monoisotopic (exact) mass is 532 g/mol. The maximum atomic E-state index is 12.9. The Labute approximate surface area is 218 Å². The van der Waals surface area contributed by atoms with Gasteiger partial charge in [0.1, 0.15) is 5.75 Å². The Morgan fingerprint density at radius 1 is 1.05 bits per heavy atom. The molecule has 0 saturated heterocycles. The lowest BCUT2D eigenvalue weighted by Gasteiger charge is -2.27. The lowest BCUT2D eigenvalue weighted by Crippen LogP contribution is -2.20. The van der Waals surface area contributed by atoms with Gasteiger partial charge in [-0.25, -0.2) is 10.4 Å². The van der Waals surface area contributed by atoms with Gasteiger partial charge in [-0.3, -0.25) is 4.79 Å². The number of anilines is 2. The molecule has 37 heavy (non-hydrogen) atoms. The number of amides is 1. The number of aromatic nitrogens is 1. The van der Waals surface area contributed by atoms with Gasteiger partial charge in [0.05, 0.1) is 23.9 Å². The molecule has 2 aromatic carbocycles. The van der Waals surface area contributed by atoms with Gasteiger partial charge in [0.15, 0.2) is 5.13 Å². The van der Waals surface area contributed by atoms with Gasteiger partial charge in [0.2, 0.25) is 5.91 Å². The van der Waals surface area contributed by atoms with E-state index in [2.05, 4.69) is 20.8 Å². The van der Waals surface area contributed by atoms with Crippen LogP contribution >= 0.6 is 11.3 Å². The molecule has 1 heterocycles. The molecule has 0 atom stereocenters. The molecule has 0 fully saturated rings. The van der Waals surface area contributed by atoms with Crippen LogP contribution < -0.4 is 10.7 Å². The summed E-state index contributed by atoms with van der Waals surface area (Å²) in [7, 11) is 0. The number of thiazole rings is 1. The van der Waals surface area contributed by atoms with Gasteiger partial charge >= 0.3 is 6.18 Å². The maximum Gasteiger partial charge on any atom is 0.416 e. The fourth-order valence-electron chi connectivity index (χ4n) is 3.60. The van der Waals surface area contributed by atoms with Crippen LogP contribution in [0.25, 0.3) is 0 Å². The highest BCUT2D eigenvalue weighted by Gasteiger charge is 2.30. The number of hydrogen-bond acceptors (Lipinski definition) is 6. The first-order valence-corrected chi connectivity index (χ1v) is 12.5. The summed E-state index contributed by atoms with van der Waals surface area (Å²) in [4.78, 5) is 16.7. The summed E-state index contributed by atoms with van der Waals surface area (Å²) in [5.74, 6) is -0.127. The Kier molecular flexibility index (Phi) is 8.02. The van der Waals surface area contributed by atoms with Crippen molar-refractivity contribution in [1.29, 1.82) is 0 Å². The Hall–Kier alpha value is -3.40. The number of aromatic hydroxyl groups is 1. The van der Waals surface area contributed by atoms with E-state index in [9.17, 15) is 23.1 Å². The van der Waals surface area contributed by atoms with E-state index in [1.54, 1.807) is 5.38 Å². The number of halogens is 3. The number of carbonyl (C=O) groups is 1. The first kappa shape index (κ1) is 28.2. The Morgan fingerprint density at radius 3 is 2.24 bits per heavy atom. The molecule has 1 amide bonds. The lowest BCUT2D eigenvalue weighted by molar-refractivity contribution is -0.137. The molecule has 3 rings (SSSR count). The third-order valence-corrected chi connectivity index (χ3v) is 6.29. The summed E-state index contributed by atoms with van der Waals surface area (Å²) in [5.41, 5.74) is 4.17. The summed E-state index contributed by atoms with van der Waals surface area (Å²) >= 11 is 1.18. The standard InChI is InChI=1S/C27H31F3N4O2S/c1-25(2,3)20-10-16(11-21(23(20)36)26(4,5)6)14-31-34-22(35)13-19-15-37-24(33-19)32-18-9-7-8-17(12-18)27(28,29)30/h7-12,14-15,36H,13H2,1-6H3,(H,32,33)(H,34,35)/b31-14-. The molecule has 0 bridgehead atoms. The highest BCUT2D eigenvalue weighted by molar-refractivity contribution is 7.13. The van der Waals surface area contributed by atoms with Crippen molar-refractivity contribution in [3.05, 3.63) is 69.7 Å². The molecular formula is C27H31F3N4O2S. The highest BCUT2D eigenvalue weighted by Crippen LogP contribution is 2.39. The normalized spacial score (nSPS) is 12.7. The van der Waals surface area contributed by atoms with E-state index in [-0.39, 0.29) is 28.7 Å². The molecule has 0 unspecified atom stereocenters. The summed E-state index contributed by atoms with van der Waals surface area (Å²) in [5, 5.41) is 19.8. The second-order valence-electron chi connectivity index (χ2n) is 10.8. The Morgan fingerprint density at radius 2 is 1.68 bits per heavy atom. The maximum absolute atomic E-state index is 12.9. The average Bonchev–Trinajstić information content (AvgIpc) is 3.19. The lowest BCUT2D eigenvalue weighted by atomic mass is 9.78. The molecule has 0 radical (unpaired) electrons. The van der Waals surface area contributed by atoms with E-state index in [0.29, 0.717) is 10.8 Å². The van der Waals surface area contributed by atoms with Crippen LogP contribution in [0.1, 0.15) is 69.5 Å². The molecule has 10 heteroatoms. The van der Waals surface area contributed by atoms with E-state index in [1.165, 1.54) is 29.7 Å². The predicted molar refractivity (Wildman–Crippen MR) is 142 cm³/mol. The minimum absolute atomic E-state index is 0.0474. The summed E-state index contributed by atoms with van der Waals surface area (Å²) < 4.78 is 38.8. The minimum atomic E-state index is -4.44. The van der Waals surface area contributed by atoms with Gasteiger partial charge in [0.25, 0.3) is 0 Å². The molecule has 0 saturated carbocycles. The Balaban J connectivity index is 1.66. The topological polar surface area (TPSA) is 86.6 Å². The van der Waals surface area contributed by atoms with Crippen molar-refractivity contribution in [2.45, 2.75) is 65.0 Å². The molecule has 1 aromatic heterocycles. The van der Waals surface area contributed by atoms with Crippen molar-refractivity contribution in [2.24, 2.45) is 5.10 Å². The average molecular weight is 533 g/mol. The number of alkyl halides is 3. The first-order valence-electron chi connectivity index (χ1n) is 11.6. The first-order chi connectivity index (χ1) is 17.0. The molecular weight excluding hydrogens is 501 g/mol.